The smallest absolute Gasteiger partial charge is 0.230 e. The first-order chi connectivity index (χ1) is 10.4. The number of aryl methyl sites for hydroxylation is 1. The lowest BCUT2D eigenvalue weighted by molar-refractivity contribution is -0.126. The Balaban J connectivity index is 2.53. The fourth-order valence-corrected chi connectivity index (χ4v) is 2.97. The molecule has 2 aromatic heterocycles. The van der Waals surface area contributed by atoms with Crippen LogP contribution in [0.1, 0.15) is 17.5 Å². The molecule has 0 aromatic carbocycles. The summed E-state index contributed by atoms with van der Waals surface area (Å²) in [4.78, 5) is 39.1. The van der Waals surface area contributed by atoms with Gasteiger partial charge < -0.3 is 5.11 Å². The molecule has 0 spiro atoms. The largest absolute Gasteiger partial charge is 0.504 e. The van der Waals surface area contributed by atoms with Crippen LogP contribution >= 0.6 is 11.3 Å². The predicted octanol–water partition coefficient (Wildman–Crippen LogP) is 2.74. The highest BCUT2D eigenvalue weighted by atomic mass is 32.1. The van der Waals surface area contributed by atoms with Gasteiger partial charge in [-0.05, 0) is 36.8 Å². The third kappa shape index (κ3) is 3.17. The number of allylic oxidation sites excluding steroid dienone is 2. The average molecular weight is 315 g/mol. The van der Waals surface area contributed by atoms with Crippen LogP contribution in [-0.4, -0.2) is 27.9 Å². The number of aliphatic hydroxyl groups is 1. The molecular formula is C16H13NO4S. The molecule has 0 unspecified atom stereocenters. The van der Waals surface area contributed by atoms with Crippen LogP contribution in [0.4, 0.5) is 0 Å². The first kappa shape index (κ1) is 15.8. The number of hydrogen-bond acceptors (Lipinski definition) is 6. The Bertz CT molecular complexity index is 789. The standard InChI is InChI=1S/C16H13NO4S/c1-9-7-11(5-6-17-9)13-3-4-14(22-13)15(12(20)8-18)16(21)10(2)19/h3-8,21H,1-2H3/b16-15-. The fraction of sp³-hybridized carbons (Fsp3) is 0.125. The zero-order chi connectivity index (χ0) is 16.3. The Labute approximate surface area is 130 Å². The summed E-state index contributed by atoms with van der Waals surface area (Å²) in [5.41, 5.74) is 1.49. The molecule has 6 heteroatoms. The van der Waals surface area contributed by atoms with Gasteiger partial charge in [0.05, 0.1) is 5.57 Å². The molecule has 2 heterocycles. The Morgan fingerprint density at radius 3 is 2.59 bits per heavy atom. The maximum absolute atomic E-state index is 11.7. The van der Waals surface area contributed by atoms with Crippen LogP contribution in [0.3, 0.4) is 0 Å². The van der Waals surface area contributed by atoms with Gasteiger partial charge in [0.2, 0.25) is 5.78 Å². The molecule has 0 bridgehead atoms. The molecule has 22 heavy (non-hydrogen) atoms. The molecule has 112 valence electrons. The maximum Gasteiger partial charge on any atom is 0.230 e. The summed E-state index contributed by atoms with van der Waals surface area (Å²) in [6.45, 7) is 3.00. The molecule has 0 aliphatic rings. The number of thiophene rings is 1. The molecule has 0 aliphatic carbocycles. The van der Waals surface area contributed by atoms with Crippen LogP contribution in [-0.2, 0) is 14.4 Å². The number of nitrogens with zero attached hydrogens (tertiary/aromatic N) is 1. The van der Waals surface area contributed by atoms with Crippen LogP contribution in [0.25, 0.3) is 16.0 Å². The van der Waals surface area contributed by atoms with Gasteiger partial charge in [0.1, 0.15) is 0 Å². The van der Waals surface area contributed by atoms with E-state index in [1.807, 2.05) is 19.1 Å². The van der Waals surface area contributed by atoms with E-state index in [9.17, 15) is 19.5 Å². The number of aromatic nitrogens is 1. The lowest BCUT2D eigenvalue weighted by Crippen LogP contribution is -2.09. The van der Waals surface area contributed by atoms with Crippen molar-refractivity contribution in [1.29, 1.82) is 0 Å². The normalized spacial score (nSPS) is 11.7. The summed E-state index contributed by atoms with van der Waals surface area (Å²) in [6.07, 6.45) is 1.76. The predicted molar refractivity (Wildman–Crippen MR) is 83.6 cm³/mol. The Kier molecular flexibility index (Phi) is 4.62. The lowest BCUT2D eigenvalue weighted by Gasteiger charge is -2.02. The lowest BCUT2D eigenvalue weighted by atomic mass is 10.1. The highest BCUT2D eigenvalue weighted by Crippen LogP contribution is 2.33. The third-order valence-corrected chi connectivity index (χ3v) is 4.11. The SMILES string of the molecule is CC(=O)/C(O)=C(\C(=O)C=O)c1ccc(-c2ccnc(C)c2)s1. The van der Waals surface area contributed by atoms with Crippen LogP contribution in [0.15, 0.2) is 36.2 Å². The Morgan fingerprint density at radius 2 is 2.00 bits per heavy atom. The minimum Gasteiger partial charge on any atom is -0.504 e. The quantitative estimate of drug-likeness (QED) is 0.397. The topological polar surface area (TPSA) is 84.3 Å². The van der Waals surface area contributed by atoms with Gasteiger partial charge in [-0.1, -0.05) is 0 Å². The van der Waals surface area contributed by atoms with E-state index in [-0.39, 0.29) is 11.9 Å². The van der Waals surface area contributed by atoms with Crippen molar-refractivity contribution in [2.24, 2.45) is 0 Å². The number of aliphatic hydroxyl groups excluding tert-OH is 1. The molecule has 2 rings (SSSR count). The summed E-state index contributed by atoms with van der Waals surface area (Å²) in [5.74, 6) is -2.29. The van der Waals surface area contributed by atoms with Crippen molar-refractivity contribution in [3.8, 4) is 10.4 Å². The fourth-order valence-electron chi connectivity index (χ4n) is 1.92. The van der Waals surface area contributed by atoms with Gasteiger partial charge in [-0.3, -0.25) is 19.4 Å². The summed E-state index contributed by atoms with van der Waals surface area (Å²) >= 11 is 1.21. The monoisotopic (exact) mass is 315 g/mol. The maximum atomic E-state index is 11.7. The van der Waals surface area contributed by atoms with E-state index < -0.39 is 17.3 Å². The van der Waals surface area contributed by atoms with Crippen molar-refractivity contribution in [2.45, 2.75) is 13.8 Å². The summed E-state index contributed by atoms with van der Waals surface area (Å²) in [6, 6.07) is 7.07. The zero-order valence-corrected chi connectivity index (χ0v) is 12.8. The number of carbonyl (C=O) groups is 3. The number of carbonyl (C=O) groups excluding carboxylic acids is 3. The second kappa shape index (κ2) is 6.44. The van der Waals surface area contributed by atoms with E-state index >= 15 is 0 Å². The molecular weight excluding hydrogens is 302 g/mol. The highest BCUT2D eigenvalue weighted by molar-refractivity contribution is 7.17. The summed E-state index contributed by atoms with van der Waals surface area (Å²) in [7, 11) is 0. The molecule has 2 aromatic rings. The van der Waals surface area contributed by atoms with Crippen LogP contribution in [0.5, 0.6) is 0 Å². The second-order valence-corrected chi connectivity index (χ2v) is 5.70. The van der Waals surface area contributed by atoms with E-state index in [1.165, 1.54) is 11.3 Å². The van der Waals surface area contributed by atoms with Crippen LogP contribution < -0.4 is 0 Å². The molecule has 0 fully saturated rings. The first-order valence-electron chi connectivity index (χ1n) is 6.41. The Morgan fingerprint density at radius 1 is 1.27 bits per heavy atom. The molecule has 0 aliphatic heterocycles. The number of rotatable bonds is 5. The van der Waals surface area contributed by atoms with Gasteiger partial charge in [-0.15, -0.1) is 11.3 Å². The van der Waals surface area contributed by atoms with Crippen molar-refractivity contribution in [1.82, 2.24) is 4.98 Å². The van der Waals surface area contributed by atoms with Gasteiger partial charge in [-0.2, -0.15) is 0 Å². The van der Waals surface area contributed by atoms with E-state index in [0.29, 0.717) is 4.88 Å². The number of ketones is 2. The van der Waals surface area contributed by atoms with Crippen molar-refractivity contribution >= 4 is 34.8 Å². The van der Waals surface area contributed by atoms with Crippen LogP contribution in [0.2, 0.25) is 0 Å². The number of Topliss-reactive ketones (excluding diaryl/α,β-unsaturated/α-hetero) is 2. The van der Waals surface area contributed by atoms with E-state index in [1.54, 1.807) is 18.3 Å². The van der Waals surface area contributed by atoms with Crippen LogP contribution in [0, 0.1) is 6.92 Å². The van der Waals surface area contributed by atoms with Crippen molar-refractivity contribution in [3.05, 3.63) is 46.8 Å². The zero-order valence-electron chi connectivity index (χ0n) is 12.0. The minimum absolute atomic E-state index is 0.0878. The molecule has 0 radical (unpaired) electrons. The van der Waals surface area contributed by atoms with Gasteiger partial charge >= 0.3 is 0 Å². The van der Waals surface area contributed by atoms with Gasteiger partial charge in [0, 0.05) is 28.6 Å². The van der Waals surface area contributed by atoms with Crippen molar-refractivity contribution in [2.75, 3.05) is 0 Å². The molecule has 0 saturated carbocycles. The van der Waals surface area contributed by atoms with Crippen molar-refractivity contribution in [3.63, 3.8) is 0 Å². The molecule has 5 nitrogen and oxygen atoms in total. The molecule has 0 saturated heterocycles. The van der Waals surface area contributed by atoms with Gasteiger partial charge in [0.25, 0.3) is 0 Å². The van der Waals surface area contributed by atoms with E-state index in [0.717, 1.165) is 23.1 Å². The number of hydrogen-bond donors (Lipinski definition) is 1. The van der Waals surface area contributed by atoms with Crippen molar-refractivity contribution < 1.29 is 19.5 Å². The van der Waals surface area contributed by atoms with E-state index in [2.05, 4.69) is 4.98 Å². The average Bonchev–Trinajstić information content (AvgIpc) is 2.96. The molecule has 0 atom stereocenters. The number of aldehydes is 1. The third-order valence-electron chi connectivity index (χ3n) is 2.96. The highest BCUT2D eigenvalue weighted by Gasteiger charge is 2.21. The molecule has 0 amide bonds. The summed E-state index contributed by atoms with van der Waals surface area (Å²) < 4.78 is 0. The first-order valence-corrected chi connectivity index (χ1v) is 7.22. The van der Waals surface area contributed by atoms with E-state index in [4.69, 9.17) is 0 Å². The molecule has 1 N–H and O–H groups in total. The minimum atomic E-state index is -0.924. The summed E-state index contributed by atoms with van der Waals surface area (Å²) in [5, 5.41) is 9.81. The second-order valence-electron chi connectivity index (χ2n) is 4.61. The van der Waals surface area contributed by atoms with Gasteiger partial charge in [-0.25, -0.2) is 0 Å². The number of pyridine rings is 1. The Hall–Kier alpha value is -2.60. The van der Waals surface area contributed by atoms with Gasteiger partial charge in [0.15, 0.2) is 17.8 Å².